The van der Waals surface area contributed by atoms with Gasteiger partial charge in [-0.05, 0) is 24.3 Å². The molecule has 46 heavy (non-hydrogen) atoms. The van der Waals surface area contributed by atoms with Gasteiger partial charge < -0.3 is 19.3 Å². The summed E-state index contributed by atoms with van der Waals surface area (Å²) >= 11 is 13.3. The Balaban J connectivity index is 1.07. The van der Waals surface area contributed by atoms with Gasteiger partial charge in [0.2, 0.25) is 11.8 Å². The van der Waals surface area contributed by atoms with Gasteiger partial charge in [0.1, 0.15) is 20.1 Å². The maximum Gasteiger partial charge on any atom is 0.266 e. The Morgan fingerprint density at radius 3 is 1.43 bits per heavy atom. The number of carbonyl (C=O) groups is 4. The maximum atomic E-state index is 13.0. The highest BCUT2D eigenvalue weighted by molar-refractivity contribution is 8.27. The van der Waals surface area contributed by atoms with Crippen molar-refractivity contribution >= 4 is 92.4 Å². The van der Waals surface area contributed by atoms with Gasteiger partial charge in [-0.1, -0.05) is 84.4 Å². The molecule has 3 aliphatic heterocycles. The SMILES string of the molecule is COc1ccccc1C=C1SC(=S)N(CCC(=O)N2CCN(C(=O)CCN3C(=O)C(=Cc4ccccc4OC)SC3=S)CC2)C1=O. The van der Waals surface area contributed by atoms with Gasteiger partial charge in [0, 0.05) is 63.2 Å². The Bertz CT molecular complexity index is 1520. The van der Waals surface area contributed by atoms with E-state index in [0.29, 0.717) is 56.1 Å². The number of methoxy groups -OCH3 is 2. The minimum Gasteiger partial charge on any atom is -0.496 e. The molecule has 0 atom stereocenters. The molecule has 14 heteroatoms. The second-order valence-electron chi connectivity index (χ2n) is 10.4. The smallest absolute Gasteiger partial charge is 0.266 e. The molecule has 0 aliphatic carbocycles. The lowest BCUT2D eigenvalue weighted by Crippen LogP contribution is -2.51. The molecule has 240 valence electrons. The van der Waals surface area contributed by atoms with Crippen molar-refractivity contribution in [2.45, 2.75) is 12.8 Å². The van der Waals surface area contributed by atoms with Crippen LogP contribution in [-0.4, -0.2) is 105 Å². The van der Waals surface area contributed by atoms with E-state index in [0.717, 1.165) is 11.1 Å². The van der Waals surface area contributed by atoms with E-state index in [1.54, 1.807) is 36.2 Å². The number of piperazine rings is 1. The Morgan fingerprint density at radius 1 is 0.696 bits per heavy atom. The van der Waals surface area contributed by atoms with Crippen LogP contribution in [0, 0.1) is 0 Å². The quantitative estimate of drug-likeness (QED) is 0.265. The van der Waals surface area contributed by atoms with Crippen LogP contribution in [0.25, 0.3) is 12.2 Å². The summed E-state index contributed by atoms with van der Waals surface area (Å²) in [5.41, 5.74) is 1.54. The predicted molar refractivity (Wildman–Crippen MR) is 188 cm³/mol. The van der Waals surface area contributed by atoms with Crippen molar-refractivity contribution in [3.8, 4) is 11.5 Å². The molecule has 0 unspecified atom stereocenters. The molecular weight excluding hydrogens is 665 g/mol. The van der Waals surface area contributed by atoms with Crippen LogP contribution in [0.5, 0.6) is 11.5 Å². The summed E-state index contributed by atoms with van der Waals surface area (Å²) in [5.74, 6) is 0.628. The van der Waals surface area contributed by atoms with Crippen LogP contribution in [0.4, 0.5) is 0 Å². The highest BCUT2D eigenvalue weighted by Gasteiger charge is 2.35. The van der Waals surface area contributed by atoms with E-state index in [2.05, 4.69) is 0 Å². The van der Waals surface area contributed by atoms with Gasteiger partial charge in [-0.25, -0.2) is 0 Å². The minimum atomic E-state index is -0.235. The third-order valence-corrected chi connectivity index (χ3v) is 10.4. The fourth-order valence-electron chi connectivity index (χ4n) is 5.18. The number of thioether (sulfide) groups is 2. The number of carbonyl (C=O) groups excluding carboxylic acids is 4. The van der Waals surface area contributed by atoms with Crippen LogP contribution in [0.2, 0.25) is 0 Å². The number of benzene rings is 2. The van der Waals surface area contributed by atoms with E-state index in [1.165, 1.54) is 33.3 Å². The summed E-state index contributed by atoms with van der Waals surface area (Å²) in [5, 5.41) is 0. The number of amides is 4. The monoisotopic (exact) mass is 696 g/mol. The third-order valence-electron chi connectivity index (χ3n) is 7.68. The van der Waals surface area contributed by atoms with Crippen molar-refractivity contribution in [1.29, 1.82) is 0 Å². The number of hydrogen-bond acceptors (Lipinski definition) is 10. The van der Waals surface area contributed by atoms with E-state index in [-0.39, 0.29) is 49.6 Å². The Hall–Kier alpha value is -3.72. The summed E-state index contributed by atoms with van der Waals surface area (Å²) in [7, 11) is 3.15. The number of thiocarbonyl (C=S) groups is 2. The average molecular weight is 697 g/mol. The van der Waals surface area contributed by atoms with Crippen molar-refractivity contribution in [1.82, 2.24) is 19.6 Å². The van der Waals surface area contributed by atoms with Crippen LogP contribution in [0.15, 0.2) is 58.3 Å². The molecule has 5 rings (SSSR count). The Labute approximate surface area is 286 Å². The Morgan fingerprint density at radius 2 is 1.07 bits per heavy atom. The molecule has 3 heterocycles. The fourth-order valence-corrected chi connectivity index (χ4v) is 7.77. The van der Waals surface area contributed by atoms with E-state index in [4.69, 9.17) is 33.9 Å². The zero-order chi connectivity index (χ0) is 32.8. The summed E-state index contributed by atoms with van der Waals surface area (Å²) in [6, 6.07) is 14.8. The molecule has 3 aliphatic rings. The molecule has 0 bridgehead atoms. The molecule has 2 aromatic carbocycles. The van der Waals surface area contributed by atoms with Crippen molar-refractivity contribution in [3.63, 3.8) is 0 Å². The van der Waals surface area contributed by atoms with E-state index in [9.17, 15) is 19.2 Å². The second kappa shape index (κ2) is 15.2. The molecule has 10 nitrogen and oxygen atoms in total. The second-order valence-corrected chi connectivity index (χ2v) is 13.8. The first-order valence-corrected chi connectivity index (χ1v) is 17.0. The zero-order valence-electron chi connectivity index (χ0n) is 25.3. The van der Waals surface area contributed by atoms with Crippen molar-refractivity contribution < 1.29 is 28.7 Å². The molecule has 0 saturated carbocycles. The third kappa shape index (κ3) is 7.63. The highest BCUT2D eigenvalue weighted by Crippen LogP contribution is 2.35. The van der Waals surface area contributed by atoms with Crippen molar-refractivity contribution in [2.75, 3.05) is 53.5 Å². The number of nitrogens with zero attached hydrogens (tertiary/aromatic N) is 4. The molecule has 2 aromatic rings. The summed E-state index contributed by atoms with van der Waals surface area (Å²) in [6.45, 7) is 1.92. The number of rotatable bonds is 10. The molecular formula is C32H32N4O6S4. The topological polar surface area (TPSA) is 99.7 Å². The van der Waals surface area contributed by atoms with Gasteiger partial charge in [0.15, 0.2) is 0 Å². The predicted octanol–water partition coefficient (Wildman–Crippen LogP) is 4.26. The summed E-state index contributed by atoms with van der Waals surface area (Å²) < 4.78 is 11.6. The summed E-state index contributed by atoms with van der Waals surface area (Å²) in [6.07, 6.45) is 3.75. The lowest BCUT2D eigenvalue weighted by Gasteiger charge is -2.35. The zero-order valence-corrected chi connectivity index (χ0v) is 28.6. The van der Waals surface area contributed by atoms with Crippen molar-refractivity contribution in [2.24, 2.45) is 0 Å². The largest absolute Gasteiger partial charge is 0.496 e. The number of hydrogen-bond donors (Lipinski definition) is 0. The molecule has 0 aromatic heterocycles. The number of ether oxygens (including phenoxy) is 2. The van der Waals surface area contributed by atoms with Crippen LogP contribution >= 0.6 is 48.0 Å². The van der Waals surface area contributed by atoms with E-state index >= 15 is 0 Å². The van der Waals surface area contributed by atoms with Gasteiger partial charge in [-0.15, -0.1) is 0 Å². The van der Waals surface area contributed by atoms with Crippen LogP contribution < -0.4 is 9.47 Å². The van der Waals surface area contributed by atoms with Gasteiger partial charge in [-0.3, -0.25) is 29.0 Å². The Kier molecular flexibility index (Phi) is 11.1. The standard InChI is InChI=1S/C32H32N4O6S4/c1-41-23-9-5-3-7-21(23)19-25-29(39)35(31(43)45-25)13-11-27(37)33-15-17-34(18-16-33)28(38)12-14-36-30(40)26(46-32(36)44)20-22-8-4-6-10-24(22)42-2/h3-10,19-20H,11-18H2,1-2H3. The highest BCUT2D eigenvalue weighted by atomic mass is 32.2. The van der Waals surface area contributed by atoms with Gasteiger partial charge in [0.05, 0.1) is 24.0 Å². The van der Waals surface area contributed by atoms with Crippen LogP contribution in [0.1, 0.15) is 24.0 Å². The molecule has 0 N–H and O–H groups in total. The first kappa shape index (κ1) is 33.6. The van der Waals surface area contributed by atoms with Gasteiger partial charge in [-0.2, -0.15) is 0 Å². The van der Waals surface area contributed by atoms with Gasteiger partial charge in [0.25, 0.3) is 11.8 Å². The molecule has 0 spiro atoms. The van der Waals surface area contributed by atoms with Crippen molar-refractivity contribution in [3.05, 3.63) is 69.5 Å². The van der Waals surface area contributed by atoms with E-state index in [1.807, 2.05) is 48.5 Å². The lowest BCUT2D eigenvalue weighted by atomic mass is 10.2. The first-order valence-electron chi connectivity index (χ1n) is 14.5. The molecule has 4 amide bonds. The average Bonchev–Trinajstić information content (AvgIpc) is 3.49. The summed E-state index contributed by atoms with van der Waals surface area (Å²) in [4.78, 5) is 59.4. The van der Waals surface area contributed by atoms with Gasteiger partial charge >= 0.3 is 0 Å². The van der Waals surface area contributed by atoms with Crippen LogP contribution in [-0.2, 0) is 19.2 Å². The lowest BCUT2D eigenvalue weighted by molar-refractivity contribution is -0.140. The molecule has 0 radical (unpaired) electrons. The maximum absolute atomic E-state index is 13.0. The fraction of sp³-hybridized carbons (Fsp3) is 0.312. The first-order chi connectivity index (χ1) is 22.2. The van der Waals surface area contributed by atoms with Crippen LogP contribution in [0.3, 0.4) is 0 Å². The molecule has 3 saturated heterocycles. The number of para-hydroxylation sites is 2. The molecule has 3 fully saturated rings. The normalized spacial score (nSPS) is 18.7. The van der Waals surface area contributed by atoms with E-state index < -0.39 is 0 Å². The minimum absolute atomic E-state index is 0.103.